The average molecular weight is 567 g/mol. The highest BCUT2D eigenvalue weighted by molar-refractivity contribution is 7.10. The molecule has 1 aliphatic rings. The largest absolute Gasteiger partial charge is 0.495 e. The zero-order valence-corrected chi connectivity index (χ0v) is 24.3. The molecule has 10 heteroatoms. The number of anilines is 1. The van der Waals surface area contributed by atoms with Crippen molar-refractivity contribution in [2.75, 3.05) is 59.0 Å². The number of carbonyl (C=O) groups is 2. The lowest BCUT2D eigenvalue weighted by Crippen LogP contribution is -2.53. The standard InChI is InChI=1S/C30H38N4O5S/c1-21(32-30(36)29(35)31-14-13-22-11-12-25(38-3)26(20-22)39-4)28(27-10-7-19-40-27)34-17-15-33(16-18-34)23-8-5-6-9-24(23)37-2/h5-12,19-21,28H,13-18H2,1-4H3,(H,31,35)(H,32,36)/t21-,28+/m1/s1. The van der Waals surface area contributed by atoms with Crippen molar-refractivity contribution in [1.82, 2.24) is 15.5 Å². The van der Waals surface area contributed by atoms with E-state index in [-0.39, 0.29) is 12.1 Å². The van der Waals surface area contributed by atoms with Crippen molar-refractivity contribution in [1.29, 1.82) is 0 Å². The highest BCUT2D eigenvalue weighted by Gasteiger charge is 2.32. The topological polar surface area (TPSA) is 92.4 Å². The smallest absolute Gasteiger partial charge is 0.309 e. The molecule has 0 spiro atoms. The van der Waals surface area contributed by atoms with Gasteiger partial charge in [-0.15, -0.1) is 11.3 Å². The van der Waals surface area contributed by atoms with Gasteiger partial charge in [-0.05, 0) is 54.6 Å². The van der Waals surface area contributed by atoms with Crippen LogP contribution in [0.5, 0.6) is 17.2 Å². The Morgan fingerprint density at radius 3 is 2.27 bits per heavy atom. The molecule has 2 N–H and O–H groups in total. The molecule has 0 unspecified atom stereocenters. The molecular weight excluding hydrogens is 528 g/mol. The number of nitrogens with one attached hydrogen (secondary N) is 2. The van der Waals surface area contributed by atoms with Crippen molar-refractivity contribution in [3.8, 4) is 17.2 Å². The first-order valence-corrected chi connectivity index (χ1v) is 14.3. The molecule has 0 saturated carbocycles. The van der Waals surface area contributed by atoms with E-state index in [1.807, 2.05) is 54.8 Å². The number of methoxy groups -OCH3 is 3. The van der Waals surface area contributed by atoms with Crippen molar-refractivity contribution in [2.45, 2.75) is 25.4 Å². The number of benzene rings is 2. The maximum Gasteiger partial charge on any atom is 0.309 e. The Labute approximate surface area is 240 Å². The first-order chi connectivity index (χ1) is 19.4. The Hall–Kier alpha value is -3.76. The summed E-state index contributed by atoms with van der Waals surface area (Å²) in [6, 6.07) is 17.5. The van der Waals surface area contributed by atoms with E-state index in [9.17, 15) is 9.59 Å². The fourth-order valence-electron chi connectivity index (χ4n) is 5.12. The van der Waals surface area contributed by atoms with E-state index in [0.717, 1.165) is 48.1 Å². The highest BCUT2D eigenvalue weighted by atomic mass is 32.1. The monoisotopic (exact) mass is 566 g/mol. The third-order valence-corrected chi connectivity index (χ3v) is 8.10. The summed E-state index contributed by atoms with van der Waals surface area (Å²) in [6.07, 6.45) is 0.559. The Bertz CT molecular complexity index is 1260. The minimum absolute atomic E-state index is 0.0386. The van der Waals surface area contributed by atoms with Crippen LogP contribution in [0, 0.1) is 0 Å². The van der Waals surface area contributed by atoms with Gasteiger partial charge in [-0.1, -0.05) is 24.3 Å². The van der Waals surface area contributed by atoms with Gasteiger partial charge in [-0.2, -0.15) is 0 Å². The number of piperazine rings is 1. The normalized spacial score (nSPS) is 15.2. The summed E-state index contributed by atoms with van der Waals surface area (Å²) < 4.78 is 16.2. The predicted octanol–water partition coefficient (Wildman–Crippen LogP) is 3.50. The maximum absolute atomic E-state index is 12.8. The third-order valence-electron chi connectivity index (χ3n) is 7.15. The van der Waals surface area contributed by atoms with Crippen LogP contribution in [0.1, 0.15) is 23.4 Å². The summed E-state index contributed by atoms with van der Waals surface area (Å²) in [6.45, 7) is 5.59. The fraction of sp³-hybridized carbons (Fsp3) is 0.400. The van der Waals surface area contributed by atoms with E-state index >= 15 is 0 Å². The van der Waals surface area contributed by atoms with Crippen molar-refractivity contribution >= 4 is 28.8 Å². The maximum atomic E-state index is 12.8. The van der Waals surface area contributed by atoms with Crippen LogP contribution in [0.2, 0.25) is 0 Å². The van der Waals surface area contributed by atoms with E-state index < -0.39 is 11.8 Å². The van der Waals surface area contributed by atoms with Gasteiger partial charge in [-0.3, -0.25) is 14.5 Å². The quantitative estimate of drug-likeness (QED) is 0.343. The molecule has 1 fully saturated rings. The van der Waals surface area contributed by atoms with Crippen LogP contribution >= 0.6 is 11.3 Å². The lowest BCUT2D eigenvalue weighted by Gasteiger charge is -2.42. The van der Waals surface area contributed by atoms with Gasteiger partial charge in [-0.25, -0.2) is 0 Å². The third kappa shape index (κ3) is 7.05. The average Bonchev–Trinajstić information content (AvgIpc) is 3.51. The lowest BCUT2D eigenvalue weighted by molar-refractivity contribution is -0.139. The highest BCUT2D eigenvalue weighted by Crippen LogP contribution is 2.33. The molecule has 2 amide bonds. The molecule has 2 aromatic carbocycles. The summed E-state index contributed by atoms with van der Waals surface area (Å²) >= 11 is 1.66. The van der Waals surface area contributed by atoms with Crippen LogP contribution in [0.3, 0.4) is 0 Å². The number of carbonyl (C=O) groups excluding carboxylic acids is 2. The van der Waals surface area contributed by atoms with Crippen LogP contribution in [-0.2, 0) is 16.0 Å². The summed E-state index contributed by atoms with van der Waals surface area (Å²) in [5.74, 6) is 0.863. The second-order valence-corrected chi connectivity index (χ2v) is 10.6. The molecule has 0 aliphatic carbocycles. The zero-order valence-electron chi connectivity index (χ0n) is 23.5. The molecule has 2 heterocycles. The van der Waals surface area contributed by atoms with Gasteiger partial charge in [0.25, 0.3) is 0 Å². The number of thiophene rings is 1. The molecule has 1 aliphatic heterocycles. The fourth-order valence-corrected chi connectivity index (χ4v) is 6.09. The van der Waals surface area contributed by atoms with Gasteiger partial charge in [0.15, 0.2) is 11.5 Å². The predicted molar refractivity (Wildman–Crippen MR) is 158 cm³/mol. The number of ether oxygens (including phenoxy) is 3. The van der Waals surface area contributed by atoms with Gasteiger partial charge in [0.2, 0.25) is 0 Å². The summed E-state index contributed by atoms with van der Waals surface area (Å²) in [7, 11) is 4.86. The van der Waals surface area contributed by atoms with Crippen LogP contribution in [0.25, 0.3) is 0 Å². The Kier molecular flexibility index (Phi) is 10.3. The molecule has 0 radical (unpaired) electrons. The van der Waals surface area contributed by atoms with E-state index in [4.69, 9.17) is 14.2 Å². The van der Waals surface area contributed by atoms with Gasteiger partial charge in [0, 0.05) is 43.6 Å². The molecule has 2 atom stereocenters. The lowest BCUT2D eigenvalue weighted by atomic mass is 10.0. The Morgan fingerprint density at radius 1 is 0.875 bits per heavy atom. The molecule has 40 heavy (non-hydrogen) atoms. The number of nitrogens with zero attached hydrogens (tertiary/aromatic N) is 2. The first-order valence-electron chi connectivity index (χ1n) is 13.4. The summed E-state index contributed by atoms with van der Waals surface area (Å²) in [5.41, 5.74) is 2.06. The van der Waals surface area contributed by atoms with Crippen molar-refractivity contribution in [3.05, 3.63) is 70.4 Å². The number of para-hydroxylation sites is 2. The Balaban J connectivity index is 1.33. The van der Waals surface area contributed by atoms with Crippen molar-refractivity contribution < 1.29 is 23.8 Å². The van der Waals surface area contributed by atoms with E-state index in [2.05, 4.69) is 32.6 Å². The first kappa shape index (κ1) is 29.2. The Morgan fingerprint density at radius 2 is 1.60 bits per heavy atom. The van der Waals surface area contributed by atoms with Crippen molar-refractivity contribution in [2.24, 2.45) is 0 Å². The van der Waals surface area contributed by atoms with Gasteiger partial charge in [0.1, 0.15) is 5.75 Å². The SMILES string of the molecule is COc1ccc(CCNC(=O)C(=O)N[C@H](C)[C@@H](c2cccs2)N2CCN(c3ccccc3OC)CC2)cc1OC. The van der Waals surface area contributed by atoms with Crippen LogP contribution < -0.4 is 29.7 Å². The van der Waals surface area contributed by atoms with E-state index in [1.165, 1.54) is 0 Å². The molecule has 1 aromatic heterocycles. The number of hydrogen-bond acceptors (Lipinski definition) is 8. The molecule has 4 rings (SSSR count). The molecule has 0 bridgehead atoms. The molecule has 214 valence electrons. The van der Waals surface area contributed by atoms with E-state index in [1.54, 1.807) is 32.7 Å². The van der Waals surface area contributed by atoms with Crippen LogP contribution in [0.15, 0.2) is 60.0 Å². The van der Waals surface area contributed by atoms with Gasteiger partial charge >= 0.3 is 11.8 Å². The van der Waals surface area contributed by atoms with Gasteiger partial charge in [0.05, 0.1) is 33.1 Å². The minimum Gasteiger partial charge on any atom is -0.495 e. The minimum atomic E-state index is -0.641. The summed E-state index contributed by atoms with van der Waals surface area (Å²) in [4.78, 5) is 31.4. The molecule has 9 nitrogen and oxygen atoms in total. The second-order valence-electron chi connectivity index (χ2n) is 9.61. The van der Waals surface area contributed by atoms with E-state index in [0.29, 0.717) is 24.5 Å². The van der Waals surface area contributed by atoms with Crippen LogP contribution in [0.4, 0.5) is 5.69 Å². The molecular formula is C30H38N4O5S. The molecule has 1 saturated heterocycles. The summed E-state index contributed by atoms with van der Waals surface area (Å²) in [5, 5.41) is 7.73. The number of amides is 2. The van der Waals surface area contributed by atoms with Gasteiger partial charge < -0.3 is 29.7 Å². The van der Waals surface area contributed by atoms with Crippen LogP contribution in [-0.4, -0.2) is 76.8 Å². The zero-order chi connectivity index (χ0) is 28.5. The second kappa shape index (κ2) is 14.0. The van der Waals surface area contributed by atoms with Crippen molar-refractivity contribution in [3.63, 3.8) is 0 Å². The number of rotatable bonds is 11. The molecule has 3 aromatic rings. The number of hydrogen-bond donors (Lipinski definition) is 2.